The Kier molecular flexibility index (Phi) is 5.36. The van der Waals surface area contributed by atoms with Crippen LogP contribution in [0.2, 0.25) is 0 Å². The van der Waals surface area contributed by atoms with Crippen molar-refractivity contribution in [3.05, 3.63) is 29.8 Å². The highest BCUT2D eigenvalue weighted by Gasteiger charge is 2.20. The summed E-state index contributed by atoms with van der Waals surface area (Å²) < 4.78 is 5.35. The average molecular weight is 265 g/mol. The Morgan fingerprint density at radius 2 is 1.84 bits per heavy atom. The molecule has 0 unspecified atom stereocenters. The zero-order valence-electron chi connectivity index (χ0n) is 11.4. The Morgan fingerprint density at radius 3 is 2.32 bits per heavy atom. The molecule has 5 heteroatoms. The lowest BCUT2D eigenvalue weighted by atomic mass is 10.2. The number of carboxylic acids is 1. The van der Waals surface area contributed by atoms with Crippen molar-refractivity contribution < 1.29 is 19.4 Å². The molecule has 0 aliphatic carbocycles. The summed E-state index contributed by atoms with van der Waals surface area (Å²) in [6, 6.07) is 7.15. The van der Waals surface area contributed by atoms with E-state index in [2.05, 4.69) is 0 Å². The second-order valence-corrected chi connectivity index (χ2v) is 4.61. The number of ether oxygens (including phenoxy) is 1. The zero-order valence-corrected chi connectivity index (χ0v) is 11.4. The maximum Gasteiger partial charge on any atom is 0.323 e. The summed E-state index contributed by atoms with van der Waals surface area (Å²) >= 11 is 0. The number of amides is 1. The van der Waals surface area contributed by atoms with Gasteiger partial charge in [0.25, 0.3) is 5.91 Å². The fourth-order valence-electron chi connectivity index (χ4n) is 1.57. The summed E-state index contributed by atoms with van der Waals surface area (Å²) in [6.07, 6.45) is 0. The molecule has 19 heavy (non-hydrogen) atoms. The highest BCUT2D eigenvalue weighted by Crippen LogP contribution is 2.11. The van der Waals surface area contributed by atoms with Gasteiger partial charge in [-0.1, -0.05) is 17.7 Å². The SMILES string of the molecule is Cc1ccc(OCC(=O)N(CC(=O)O)C(C)C)cc1. The molecule has 0 aliphatic rings. The van der Waals surface area contributed by atoms with Crippen LogP contribution in [0, 0.1) is 6.92 Å². The van der Waals surface area contributed by atoms with Crippen molar-refractivity contribution in [1.82, 2.24) is 4.90 Å². The van der Waals surface area contributed by atoms with Crippen LogP contribution in [0.15, 0.2) is 24.3 Å². The first-order valence-corrected chi connectivity index (χ1v) is 6.11. The molecule has 1 aromatic carbocycles. The number of carbonyl (C=O) groups excluding carboxylic acids is 1. The lowest BCUT2D eigenvalue weighted by Crippen LogP contribution is -2.43. The lowest BCUT2D eigenvalue weighted by Gasteiger charge is -2.24. The smallest absolute Gasteiger partial charge is 0.323 e. The first-order valence-electron chi connectivity index (χ1n) is 6.11. The quantitative estimate of drug-likeness (QED) is 0.850. The summed E-state index contributed by atoms with van der Waals surface area (Å²) in [6.45, 7) is 5.03. The third kappa shape index (κ3) is 4.99. The predicted octanol–water partition coefficient (Wildman–Crippen LogP) is 1.70. The molecule has 0 radical (unpaired) electrons. The van der Waals surface area contributed by atoms with E-state index < -0.39 is 5.97 Å². The summed E-state index contributed by atoms with van der Waals surface area (Å²) in [5.41, 5.74) is 1.10. The monoisotopic (exact) mass is 265 g/mol. The van der Waals surface area contributed by atoms with E-state index >= 15 is 0 Å². The second-order valence-electron chi connectivity index (χ2n) is 4.61. The third-order valence-electron chi connectivity index (χ3n) is 2.63. The molecule has 0 bridgehead atoms. The van der Waals surface area contributed by atoms with E-state index in [-0.39, 0.29) is 25.1 Å². The fraction of sp³-hybridized carbons (Fsp3) is 0.429. The van der Waals surface area contributed by atoms with Crippen molar-refractivity contribution in [3.63, 3.8) is 0 Å². The minimum absolute atomic E-state index is 0.158. The van der Waals surface area contributed by atoms with E-state index in [1.54, 1.807) is 26.0 Å². The first kappa shape index (κ1) is 15.0. The van der Waals surface area contributed by atoms with E-state index in [1.807, 2.05) is 19.1 Å². The van der Waals surface area contributed by atoms with Crippen LogP contribution in [0.4, 0.5) is 0 Å². The Balaban J connectivity index is 2.57. The molecule has 104 valence electrons. The van der Waals surface area contributed by atoms with Gasteiger partial charge >= 0.3 is 5.97 Å². The number of rotatable bonds is 6. The summed E-state index contributed by atoms with van der Waals surface area (Å²) in [5, 5.41) is 8.76. The van der Waals surface area contributed by atoms with Gasteiger partial charge in [0, 0.05) is 6.04 Å². The topological polar surface area (TPSA) is 66.8 Å². The zero-order chi connectivity index (χ0) is 14.4. The molecule has 0 aliphatic heterocycles. The Hall–Kier alpha value is -2.04. The van der Waals surface area contributed by atoms with Crippen LogP contribution in [0.25, 0.3) is 0 Å². The molecule has 0 heterocycles. The van der Waals surface area contributed by atoms with Crippen LogP contribution in [0.1, 0.15) is 19.4 Å². The van der Waals surface area contributed by atoms with Gasteiger partial charge in [-0.05, 0) is 32.9 Å². The average Bonchev–Trinajstić information content (AvgIpc) is 2.34. The number of aryl methyl sites for hydroxylation is 1. The van der Waals surface area contributed by atoms with Crippen molar-refractivity contribution in [2.45, 2.75) is 26.8 Å². The lowest BCUT2D eigenvalue weighted by molar-refractivity contribution is -0.146. The molecule has 0 aromatic heterocycles. The minimum atomic E-state index is -1.03. The van der Waals surface area contributed by atoms with Gasteiger partial charge < -0.3 is 14.7 Å². The van der Waals surface area contributed by atoms with Gasteiger partial charge in [-0.15, -0.1) is 0 Å². The van der Waals surface area contributed by atoms with Crippen molar-refractivity contribution in [3.8, 4) is 5.75 Å². The molecule has 0 saturated carbocycles. The van der Waals surface area contributed by atoms with Gasteiger partial charge in [0.05, 0.1) is 0 Å². The maximum atomic E-state index is 11.9. The van der Waals surface area contributed by atoms with Crippen molar-refractivity contribution in [1.29, 1.82) is 0 Å². The third-order valence-corrected chi connectivity index (χ3v) is 2.63. The standard InChI is InChI=1S/C14H19NO4/c1-10(2)15(8-14(17)18)13(16)9-19-12-6-4-11(3)5-7-12/h4-7,10H,8-9H2,1-3H3,(H,17,18). The van der Waals surface area contributed by atoms with E-state index in [1.165, 1.54) is 4.90 Å². The summed E-state index contributed by atoms with van der Waals surface area (Å²) in [4.78, 5) is 23.9. The minimum Gasteiger partial charge on any atom is -0.484 e. The second kappa shape index (κ2) is 6.78. The van der Waals surface area contributed by atoms with Crippen LogP contribution in [-0.2, 0) is 9.59 Å². The molecule has 0 atom stereocenters. The number of hydrogen-bond acceptors (Lipinski definition) is 3. The van der Waals surface area contributed by atoms with E-state index in [0.29, 0.717) is 5.75 Å². The van der Waals surface area contributed by atoms with Crippen LogP contribution in [-0.4, -0.2) is 41.1 Å². The molecule has 1 amide bonds. The van der Waals surface area contributed by atoms with E-state index in [4.69, 9.17) is 9.84 Å². The molecule has 1 rings (SSSR count). The van der Waals surface area contributed by atoms with Gasteiger partial charge in [-0.2, -0.15) is 0 Å². The normalized spacial score (nSPS) is 10.3. The molecular weight excluding hydrogens is 246 g/mol. The van der Waals surface area contributed by atoms with Gasteiger partial charge in [-0.3, -0.25) is 9.59 Å². The molecular formula is C14H19NO4. The Bertz CT molecular complexity index is 439. The number of nitrogens with zero attached hydrogens (tertiary/aromatic N) is 1. The van der Waals surface area contributed by atoms with Crippen LogP contribution >= 0.6 is 0 Å². The van der Waals surface area contributed by atoms with Gasteiger partial charge in [0.1, 0.15) is 12.3 Å². The van der Waals surface area contributed by atoms with Crippen molar-refractivity contribution in [2.75, 3.05) is 13.2 Å². The molecule has 1 aromatic rings. The Morgan fingerprint density at radius 1 is 1.26 bits per heavy atom. The van der Waals surface area contributed by atoms with Gasteiger partial charge in [0.2, 0.25) is 0 Å². The summed E-state index contributed by atoms with van der Waals surface area (Å²) in [5.74, 6) is -0.770. The highest BCUT2D eigenvalue weighted by molar-refractivity contribution is 5.82. The number of carbonyl (C=O) groups is 2. The molecule has 0 saturated heterocycles. The largest absolute Gasteiger partial charge is 0.484 e. The number of aliphatic carboxylic acids is 1. The van der Waals surface area contributed by atoms with E-state index in [0.717, 1.165) is 5.56 Å². The van der Waals surface area contributed by atoms with Crippen LogP contribution in [0.3, 0.4) is 0 Å². The van der Waals surface area contributed by atoms with Gasteiger partial charge in [0.15, 0.2) is 6.61 Å². The molecule has 0 fully saturated rings. The molecule has 1 N–H and O–H groups in total. The Labute approximate surface area is 112 Å². The predicted molar refractivity (Wildman–Crippen MR) is 71.2 cm³/mol. The maximum absolute atomic E-state index is 11.9. The van der Waals surface area contributed by atoms with Crippen LogP contribution in [0.5, 0.6) is 5.75 Å². The van der Waals surface area contributed by atoms with Gasteiger partial charge in [-0.25, -0.2) is 0 Å². The summed E-state index contributed by atoms with van der Waals surface area (Å²) in [7, 11) is 0. The van der Waals surface area contributed by atoms with E-state index in [9.17, 15) is 9.59 Å². The highest BCUT2D eigenvalue weighted by atomic mass is 16.5. The van der Waals surface area contributed by atoms with Crippen molar-refractivity contribution >= 4 is 11.9 Å². The fourth-order valence-corrected chi connectivity index (χ4v) is 1.57. The number of hydrogen-bond donors (Lipinski definition) is 1. The first-order chi connectivity index (χ1) is 8.90. The number of benzene rings is 1. The number of carboxylic acid groups (broad SMARTS) is 1. The van der Waals surface area contributed by atoms with Crippen LogP contribution < -0.4 is 4.74 Å². The molecule has 5 nitrogen and oxygen atoms in total. The molecule has 0 spiro atoms. The van der Waals surface area contributed by atoms with Crippen molar-refractivity contribution in [2.24, 2.45) is 0 Å².